The van der Waals surface area contributed by atoms with Crippen molar-refractivity contribution in [3.05, 3.63) is 0 Å². The molecule has 0 fully saturated rings. The van der Waals surface area contributed by atoms with Crippen LogP contribution < -0.4 is 10.6 Å². The molecule has 0 rings (SSSR count). The number of hydrogen-bond donors (Lipinski definition) is 2. The van der Waals surface area contributed by atoms with Gasteiger partial charge >= 0.3 is 0 Å². The van der Waals surface area contributed by atoms with E-state index >= 15 is 0 Å². The topological polar surface area (TPSA) is 75.3 Å². The Labute approximate surface area is 119 Å². The summed E-state index contributed by atoms with van der Waals surface area (Å²) in [6.45, 7) is 5.36. The third-order valence-electron chi connectivity index (χ3n) is 2.52. The monoisotopic (exact) mass is 288 g/mol. The second-order valence-corrected chi connectivity index (χ2v) is 5.90. The van der Waals surface area contributed by atoms with Gasteiger partial charge in [0.1, 0.15) is 12.3 Å². The van der Waals surface area contributed by atoms with Crippen molar-refractivity contribution >= 4 is 29.9 Å². The molecule has 0 aromatic carbocycles. The molecule has 0 aliphatic carbocycles. The first kappa shape index (κ1) is 18.0. The summed E-state index contributed by atoms with van der Waals surface area (Å²) >= 11 is 1.61. The molecule has 110 valence electrons. The minimum absolute atomic E-state index is 0.243. The minimum atomic E-state index is -0.570. The van der Waals surface area contributed by atoms with Crippen LogP contribution in [0.3, 0.4) is 0 Å². The smallest absolute Gasteiger partial charge is 0.243 e. The van der Waals surface area contributed by atoms with Crippen molar-refractivity contribution < 1.29 is 14.4 Å². The van der Waals surface area contributed by atoms with Crippen molar-refractivity contribution in [1.82, 2.24) is 10.6 Å². The Bertz CT molecular complexity index is 308. The molecule has 0 saturated carbocycles. The van der Waals surface area contributed by atoms with Gasteiger partial charge < -0.3 is 15.4 Å². The fraction of sp³-hybridized carbons (Fsp3) is 0.769. The van der Waals surface area contributed by atoms with Crippen LogP contribution in [-0.4, -0.2) is 42.2 Å². The molecular weight excluding hydrogens is 264 g/mol. The molecule has 0 aromatic rings. The summed E-state index contributed by atoms with van der Waals surface area (Å²) in [6.07, 6.45) is 3.84. The van der Waals surface area contributed by atoms with Gasteiger partial charge in [-0.05, 0) is 30.8 Å². The molecule has 2 atom stereocenters. The highest BCUT2D eigenvalue weighted by Gasteiger charge is 2.22. The van der Waals surface area contributed by atoms with Gasteiger partial charge in [0.25, 0.3) is 0 Å². The quantitative estimate of drug-likeness (QED) is 0.620. The zero-order valence-electron chi connectivity index (χ0n) is 12.1. The third-order valence-corrected chi connectivity index (χ3v) is 3.17. The van der Waals surface area contributed by atoms with Crippen LogP contribution in [0.4, 0.5) is 0 Å². The Balaban J connectivity index is 4.50. The molecule has 2 N–H and O–H groups in total. The van der Waals surface area contributed by atoms with E-state index in [1.807, 2.05) is 20.1 Å². The van der Waals surface area contributed by atoms with Gasteiger partial charge in [0, 0.05) is 6.92 Å². The maximum Gasteiger partial charge on any atom is 0.243 e. The summed E-state index contributed by atoms with van der Waals surface area (Å²) in [5.74, 6) is 0.560. The Morgan fingerprint density at radius 1 is 1.26 bits per heavy atom. The number of carbonyl (C=O) groups excluding carboxylic acids is 3. The molecule has 0 radical (unpaired) electrons. The number of rotatable bonds is 9. The van der Waals surface area contributed by atoms with Gasteiger partial charge in [-0.2, -0.15) is 11.8 Å². The molecule has 2 unspecified atom stereocenters. The zero-order chi connectivity index (χ0) is 14.8. The van der Waals surface area contributed by atoms with Crippen LogP contribution in [0.2, 0.25) is 0 Å². The van der Waals surface area contributed by atoms with Gasteiger partial charge in [-0.3, -0.25) is 9.59 Å². The summed E-state index contributed by atoms with van der Waals surface area (Å²) in [7, 11) is 0. The highest BCUT2D eigenvalue weighted by atomic mass is 32.2. The van der Waals surface area contributed by atoms with Crippen LogP contribution in [0.15, 0.2) is 0 Å². The normalized spacial score (nSPS) is 13.7. The SMILES string of the molecule is CSCCC(NC(C)=O)C(=O)NC(C=O)CC(C)C. The fourth-order valence-electron chi connectivity index (χ4n) is 1.69. The average Bonchev–Trinajstić information content (AvgIpc) is 2.32. The number of hydrogen-bond acceptors (Lipinski definition) is 4. The van der Waals surface area contributed by atoms with E-state index in [1.165, 1.54) is 6.92 Å². The van der Waals surface area contributed by atoms with Crippen LogP contribution >= 0.6 is 11.8 Å². The van der Waals surface area contributed by atoms with Crippen LogP contribution in [0.1, 0.15) is 33.6 Å². The molecule has 0 saturated heterocycles. The van der Waals surface area contributed by atoms with Gasteiger partial charge in [-0.15, -0.1) is 0 Å². The number of aldehydes is 1. The fourth-order valence-corrected chi connectivity index (χ4v) is 2.16. The number of amides is 2. The van der Waals surface area contributed by atoms with E-state index < -0.39 is 12.1 Å². The van der Waals surface area contributed by atoms with Crippen molar-refractivity contribution in [2.24, 2.45) is 5.92 Å². The van der Waals surface area contributed by atoms with Crippen LogP contribution in [0, 0.1) is 5.92 Å². The number of nitrogens with one attached hydrogen (secondary N) is 2. The van der Waals surface area contributed by atoms with Gasteiger partial charge in [0.05, 0.1) is 6.04 Å². The van der Waals surface area contributed by atoms with E-state index in [-0.39, 0.29) is 11.8 Å². The van der Waals surface area contributed by atoms with Crippen molar-refractivity contribution in [3.63, 3.8) is 0 Å². The van der Waals surface area contributed by atoms with Gasteiger partial charge in [-0.25, -0.2) is 0 Å². The van der Waals surface area contributed by atoms with Crippen molar-refractivity contribution in [2.75, 3.05) is 12.0 Å². The number of thioether (sulfide) groups is 1. The standard InChI is InChI=1S/C13H24N2O3S/c1-9(2)7-11(8-16)15-13(18)12(5-6-19-4)14-10(3)17/h8-9,11-12H,5-7H2,1-4H3,(H,14,17)(H,15,18). The first-order valence-electron chi connectivity index (χ1n) is 6.42. The molecule has 5 nitrogen and oxygen atoms in total. The van der Waals surface area contributed by atoms with E-state index in [2.05, 4.69) is 10.6 Å². The summed E-state index contributed by atoms with van der Waals surface area (Å²) < 4.78 is 0. The Hall–Kier alpha value is -1.04. The van der Waals surface area contributed by atoms with Crippen molar-refractivity contribution in [1.29, 1.82) is 0 Å². The summed E-state index contributed by atoms with van der Waals surface area (Å²) in [5.41, 5.74) is 0. The second kappa shape index (κ2) is 9.83. The highest BCUT2D eigenvalue weighted by Crippen LogP contribution is 2.05. The molecule has 0 spiro atoms. The van der Waals surface area contributed by atoms with E-state index in [0.717, 1.165) is 12.0 Å². The minimum Gasteiger partial charge on any atom is -0.345 e. The molecule has 6 heteroatoms. The lowest BCUT2D eigenvalue weighted by atomic mass is 10.0. The second-order valence-electron chi connectivity index (χ2n) is 4.92. The number of carbonyl (C=O) groups is 3. The van der Waals surface area contributed by atoms with E-state index in [1.54, 1.807) is 11.8 Å². The Morgan fingerprint density at radius 2 is 1.89 bits per heavy atom. The Kier molecular flexibility index (Phi) is 9.30. The van der Waals surface area contributed by atoms with E-state index in [4.69, 9.17) is 0 Å². The molecule has 0 aliphatic rings. The average molecular weight is 288 g/mol. The highest BCUT2D eigenvalue weighted by molar-refractivity contribution is 7.98. The first-order chi connectivity index (χ1) is 8.90. The van der Waals surface area contributed by atoms with E-state index in [9.17, 15) is 14.4 Å². The molecule has 19 heavy (non-hydrogen) atoms. The van der Waals surface area contributed by atoms with E-state index in [0.29, 0.717) is 18.8 Å². The first-order valence-corrected chi connectivity index (χ1v) is 7.81. The predicted molar refractivity (Wildman–Crippen MR) is 78.1 cm³/mol. The van der Waals surface area contributed by atoms with Crippen molar-refractivity contribution in [2.45, 2.75) is 45.7 Å². The summed E-state index contributed by atoms with van der Waals surface area (Å²) in [6, 6.07) is -1.06. The van der Waals surface area contributed by atoms with Crippen LogP contribution in [-0.2, 0) is 14.4 Å². The lowest BCUT2D eigenvalue weighted by molar-refractivity contribution is -0.129. The third kappa shape index (κ3) is 8.64. The van der Waals surface area contributed by atoms with Gasteiger partial charge in [0.2, 0.25) is 11.8 Å². The lowest BCUT2D eigenvalue weighted by Gasteiger charge is -2.21. The molecular formula is C13H24N2O3S. The lowest BCUT2D eigenvalue weighted by Crippen LogP contribution is -2.50. The maximum absolute atomic E-state index is 12.0. The summed E-state index contributed by atoms with van der Waals surface area (Å²) in [4.78, 5) is 34.1. The molecule has 0 heterocycles. The Morgan fingerprint density at radius 3 is 2.32 bits per heavy atom. The van der Waals surface area contributed by atoms with Gasteiger partial charge in [-0.1, -0.05) is 13.8 Å². The van der Waals surface area contributed by atoms with Crippen LogP contribution in [0.25, 0.3) is 0 Å². The van der Waals surface area contributed by atoms with Crippen molar-refractivity contribution in [3.8, 4) is 0 Å². The zero-order valence-corrected chi connectivity index (χ0v) is 12.9. The molecule has 0 bridgehead atoms. The largest absolute Gasteiger partial charge is 0.345 e. The summed E-state index contributed by atoms with van der Waals surface area (Å²) in [5, 5.41) is 5.30. The predicted octanol–water partition coefficient (Wildman–Crippen LogP) is 0.974. The molecule has 0 aromatic heterocycles. The van der Waals surface area contributed by atoms with Crippen LogP contribution in [0.5, 0.6) is 0 Å². The van der Waals surface area contributed by atoms with Gasteiger partial charge in [0.15, 0.2) is 0 Å². The molecule has 0 aliphatic heterocycles. The maximum atomic E-state index is 12.0. The molecule has 2 amide bonds.